The molecule has 0 amide bonds. The van der Waals surface area contributed by atoms with Gasteiger partial charge in [0.15, 0.2) is 23.9 Å². The lowest BCUT2D eigenvalue weighted by atomic mass is 10.1. The monoisotopic (exact) mass is 406 g/mol. The summed E-state index contributed by atoms with van der Waals surface area (Å²) in [7, 11) is 0. The van der Waals surface area contributed by atoms with Gasteiger partial charge in [-0.25, -0.2) is 9.18 Å². The molecule has 1 heterocycles. The summed E-state index contributed by atoms with van der Waals surface area (Å²) in [5.74, 6) is -0.555. The van der Waals surface area contributed by atoms with Crippen LogP contribution in [0.3, 0.4) is 0 Å². The van der Waals surface area contributed by atoms with Crippen molar-refractivity contribution in [2.45, 2.75) is 0 Å². The van der Waals surface area contributed by atoms with E-state index in [2.05, 4.69) is 15.9 Å². The van der Waals surface area contributed by atoms with Gasteiger partial charge in [-0.3, -0.25) is 4.79 Å². The first kappa shape index (κ1) is 17.2. The van der Waals surface area contributed by atoms with Gasteiger partial charge < -0.3 is 14.2 Å². The number of benzene rings is 2. The molecule has 0 bridgehead atoms. The molecule has 3 rings (SSSR count). The van der Waals surface area contributed by atoms with E-state index in [0.29, 0.717) is 21.5 Å². The van der Waals surface area contributed by atoms with Crippen molar-refractivity contribution in [1.29, 1.82) is 0 Å². The minimum Gasteiger partial charge on any atom is -0.454 e. The van der Waals surface area contributed by atoms with E-state index in [9.17, 15) is 14.0 Å². The Kier molecular flexibility index (Phi) is 5.14. The maximum Gasteiger partial charge on any atom is 0.331 e. The number of halogens is 2. The number of fused-ring (bicyclic) bond motifs is 1. The zero-order valence-electron chi connectivity index (χ0n) is 12.8. The normalized spacial score (nSPS) is 12.4. The van der Waals surface area contributed by atoms with E-state index in [1.165, 1.54) is 24.3 Å². The van der Waals surface area contributed by atoms with Crippen LogP contribution in [0.15, 0.2) is 46.9 Å². The molecule has 0 saturated heterocycles. The lowest BCUT2D eigenvalue weighted by molar-refractivity contribution is -0.136. The SMILES string of the molecule is O=C(/C=C/c1cc(Br)ccc1F)OCC(=O)c1ccc2c(c1)OCO2. The van der Waals surface area contributed by atoms with Crippen molar-refractivity contribution < 1.29 is 28.2 Å². The van der Waals surface area contributed by atoms with Gasteiger partial charge in [0.25, 0.3) is 0 Å². The average Bonchev–Trinajstić information content (AvgIpc) is 3.08. The average molecular weight is 407 g/mol. The largest absolute Gasteiger partial charge is 0.454 e. The molecule has 7 heteroatoms. The summed E-state index contributed by atoms with van der Waals surface area (Å²) < 4.78 is 29.5. The highest BCUT2D eigenvalue weighted by atomic mass is 79.9. The van der Waals surface area contributed by atoms with E-state index < -0.39 is 18.4 Å². The van der Waals surface area contributed by atoms with Crippen molar-refractivity contribution in [3.05, 3.63) is 63.9 Å². The molecular formula is C18H12BrFO5. The summed E-state index contributed by atoms with van der Waals surface area (Å²) in [6, 6.07) is 9.07. The molecule has 0 N–H and O–H groups in total. The summed E-state index contributed by atoms with van der Waals surface area (Å²) in [5, 5.41) is 0. The third kappa shape index (κ3) is 4.24. The van der Waals surface area contributed by atoms with E-state index in [1.807, 2.05) is 0 Å². The molecule has 0 spiro atoms. The lowest BCUT2D eigenvalue weighted by Crippen LogP contribution is -2.12. The van der Waals surface area contributed by atoms with Crippen molar-refractivity contribution >= 4 is 33.8 Å². The van der Waals surface area contributed by atoms with Gasteiger partial charge in [0.05, 0.1) is 0 Å². The number of ether oxygens (including phenoxy) is 3. The first-order valence-corrected chi connectivity index (χ1v) is 8.05. The van der Waals surface area contributed by atoms with Gasteiger partial charge in [0.2, 0.25) is 6.79 Å². The van der Waals surface area contributed by atoms with Crippen LogP contribution in [0.5, 0.6) is 11.5 Å². The number of carbonyl (C=O) groups excluding carboxylic acids is 2. The van der Waals surface area contributed by atoms with Crippen molar-refractivity contribution in [3.63, 3.8) is 0 Å². The summed E-state index contributed by atoms with van der Waals surface area (Å²) >= 11 is 3.22. The molecule has 0 unspecified atom stereocenters. The molecule has 0 atom stereocenters. The standard InChI is InChI=1S/C18H12BrFO5/c19-13-3-4-14(20)11(7-13)2-6-18(22)23-9-15(21)12-1-5-16-17(8-12)25-10-24-16/h1-8H,9-10H2/b6-2+. The van der Waals surface area contributed by atoms with Crippen molar-refractivity contribution in [3.8, 4) is 11.5 Å². The fourth-order valence-electron chi connectivity index (χ4n) is 2.14. The predicted molar refractivity (Wildman–Crippen MR) is 91.0 cm³/mol. The Morgan fingerprint density at radius 2 is 1.96 bits per heavy atom. The predicted octanol–water partition coefficient (Wildman–Crippen LogP) is 3.76. The van der Waals surface area contributed by atoms with Crippen molar-refractivity contribution in [1.82, 2.24) is 0 Å². The third-order valence-corrected chi connectivity index (χ3v) is 3.89. The number of carbonyl (C=O) groups is 2. The molecule has 5 nitrogen and oxygen atoms in total. The Bertz CT molecular complexity index is 863. The van der Waals surface area contributed by atoms with Gasteiger partial charge in [-0.1, -0.05) is 15.9 Å². The second-order valence-corrected chi connectivity index (χ2v) is 6.01. The first-order valence-electron chi connectivity index (χ1n) is 7.25. The van der Waals surface area contributed by atoms with Crippen LogP contribution in [0.2, 0.25) is 0 Å². The number of esters is 1. The van der Waals surface area contributed by atoms with E-state index in [0.717, 1.165) is 6.08 Å². The molecule has 128 valence electrons. The molecule has 0 fully saturated rings. The van der Waals surface area contributed by atoms with Crippen LogP contribution < -0.4 is 9.47 Å². The number of ketones is 1. The van der Waals surface area contributed by atoms with Gasteiger partial charge in [0, 0.05) is 21.7 Å². The molecule has 0 aromatic heterocycles. The molecule has 2 aromatic rings. The number of hydrogen-bond acceptors (Lipinski definition) is 5. The quantitative estimate of drug-likeness (QED) is 0.429. The Balaban J connectivity index is 1.57. The Morgan fingerprint density at radius 3 is 2.80 bits per heavy atom. The van der Waals surface area contributed by atoms with Crippen LogP contribution in [-0.2, 0) is 9.53 Å². The maximum atomic E-state index is 13.6. The summed E-state index contributed by atoms with van der Waals surface area (Å²) in [4.78, 5) is 23.8. The Hall–Kier alpha value is -2.67. The molecular weight excluding hydrogens is 395 g/mol. The van der Waals surface area contributed by atoms with Crippen molar-refractivity contribution in [2.24, 2.45) is 0 Å². The second-order valence-electron chi connectivity index (χ2n) is 5.10. The summed E-state index contributed by atoms with van der Waals surface area (Å²) in [6.07, 6.45) is 2.35. The number of rotatable bonds is 5. The molecule has 0 saturated carbocycles. The van der Waals surface area contributed by atoms with E-state index in [4.69, 9.17) is 14.2 Å². The van der Waals surface area contributed by atoms with Crippen LogP contribution in [0.25, 0.3) is 6.08 Å². The zero-order chi connectivity index (χ0) is 17.8. The van der Waals surface area contributed by atoms with E-state index in [-0.39, 0.29) is 18.1 Å². The van der Waals surface area contributed by atoms with Crippen LogP contribution in [0.4, 0.5) is 4.39 Å². The van der Waals surface area contributed by atoms with Crippen molar-refractivity contribution in [2.75, 3.05) is 13.4 Å². The first-order chi connectivity index (χ1) is 12.0. The molecule has 2 aromatic carbocycles. The molecule has 1 aliphatic rings. The molecule has 25 heavy (non-hydrogen) atoms. The maximum absolute atomic E-state index is 13.6. The van der Waals surface area contributed by atoms with Gasteiger partial charge in [-0.05, 0) is 42.5 Å². The van der Waals surface area contributed by atoms with Gasteiger partial charge >= 0.3 is 5.97 Å². The minimum atomic E-state index is -0.742. The molecule has 0 aliphatic carbocycles. The van der Waals surface area contributed by atoms with Crippen LogP contribution in [-0.4, -0.2) is 25.2 Å². The lowest BCUT2D eigenvalue weighted by Gasteiger charge is -2.03. The zero-order valence-corrected chi connectivity index (χ0v) is 14.4. The fourth-order valence-corrected chi connectivity index (χ4v) is 2.52. The van der Waals surface area contributed by atoms with Gasteiger partial charge in [-0.15, -0.1) is 0 Å². The van der Waals surface area contributed by atoms with Gasteiger partial charge in [0.1, 0.15) is 5.82 Å². The van der Waals surface area contributed by atoms with E-state index >= 15 is 0 Å². The minimum absolute atomic E-state index is 0.110. The second kappa shape index (κ2) is 7.48. The fraction of sp³-hybridized carbons (Fsp3) is 0.111. The topological polar surface area (TPSA) is 61.8 Å². The van der Waals surface area contributed by atoms with Crippen LogP contribution in [0.1, 0.15) is 15.9 Å². The highest BCUT2D eigenvalue weighted by Gasteiger charge is 2.16. The highest BCUT2D eigenvalue weighted by molar-refractivity contribution is 9.10. The van der Waals surface area contributed by atoms with Gasteiger partial charge in [-0.2, -0.15) is 0 Å². The Morgan fingerprint density at radius 1 is 1.16 bits per heavy atom. The van der Waals surface area contributed by atoms with Crippen LogP contribution >= 0.6 is 15.9 Å². The smallest absolute Gasteiger partial charge is 0.331 e. The summed E-state index contributed by atoms with van der Waals surface area (Å²) in [5.41, 5.74) is 0.576. The highest BCUT2D eigenvalue weighted by Crippen LogP contribution is 2.32. The molecule has 1 aliphatic heterocycles. The number of hydrogen-bond donors (Lipinski definition) is 0. The van der Waals surface area contributed by atoms with E-state index in [1.54, 1.807) is 18.2 Å². The summed E-state index contributed by atoms with van der Waals surface area (Å²) in [6.45, 7) is -0.317. The number of Topliss-reactive ketones (excluding diaryl/α,β-unsaturated/α-hetero) is 1. The molecule has 0 radical (unpaired) electrons. The van der Waals surface area contributed by atoms with Crippen LogP contribution in [0, 0.1) is 5.82 Å². The Labute approximate surface area is 151 Å². The third-order valence-electron chi connectivity index (χ3n) is 3.40.